The van der Waals surface area contributed by atoms with Crippen LogP contribution >= 0.6 is 0 Å². The lowest BCUT2D eigenvalue weighted by atomic mass is 9.99. The molecule has 0 aromatic carbocycles. The second-order valence-electron chi connectivity index (χ2n) is 7.09. The van der Waals surface area contributed by atoms with Gasteiger partial charge in [-0.25, -0.2) is 14.8 Å². The fraction of sp³-hybridized carbons (Fsp3) is 0.611. The fourth-order valence-corrected chi connectivity index (χ4v) is 3.80. The zero-order chi connectivity index (χ0) is 17.1. The van der Waals surface area contributed by atoms with Gasteiger partial charge in [-0.2, -0.15) is 0 Å². The molecule has 2 aromatic rings. The molecule has 4 heterocycles. The fourth-order valence-electron chi connectivity index (χ4n) is 3.80. The quantitative estimate of drug-likeness (QED) is 0.865. The molecule has 25 heavy (non-hydrogen) atoms. The Morgan fingerprint density at radius 3 is 3.08 bits per heavy atom. The summed E-state index contributed by atoms with van der Waals surface area (Å²) < 4.78 is 4.45. The molecule has 2 N–H and O–H groups in total. The molecule has 7 nitrogen and oxygen atoms in total. The lowest BCUT2D eigenvalue weighted by molar-refractivity contribution is 0.236. The van der Waals surface area contributed by atoms with Crippen molar-refractivity contribution in [2.45, 2.75) is 51.6 Å². The van der Waals surface area contributed by atoms with Gasteiger partial charge < -0.3 is 19.8 Å². The highest BCUT2D eigenvalue weighted by Crippen LogP contribution is 2.18. The number of fused-ring (bicyclic) bond motifs is 2. The van der Waals surface area contributed by atoms with Crippen molar-refractivity contribution in [3.63, 3.8) is 0 Å². The van der Waals surface area contributed by atoms with Crippen LogP contribution in [0.15, 0.2) is 18.6 Å². The number of carbonyl (C=O) groups excluding carboxylic acids is 1. The predicted molar refractivity (Wildman–Crippen MR) is 94.3 cm³/mol. The number of aromatic nitrogens is 4. The van der Waals surface area contributed by atoms with Crippen molar-refractivity contribution in [1.82, 2.24) is 29.7 Å². The highest BCUT2D eigenvalue weighted by atomic mass is 16.2. The molecular weight excluding hydrogens is 316 g/mol. The number of aryl methyl sites for hydroxylation is 3. The molecule has 4 rings (SSSR count). The Morgan fingerprint density at radius 1 is 1.20 bits per heavy atom. The van der Waals surface area contributed by atoms with Gasteiger partial charge in [0.25, 0.3) is 0 Å². The lowest BCUT2D eigenvalue weighted by Gasteiger charge is -2.23. The van der Waals surface area contributed by atoms with Crippen LogP contribution in [0.1, 0.15) is 36.6 Å². The van der Waals surface area contributed by atoms with Gasteiger partial charge in [0, 0.05) is 64.0 Å². The third-order valence-corrected chi connectivity index (χ3v) is 5.21. The molecule has 7 heteroatoms. The van der Waals surface area contributed by atoms with Crippen LogP contribution in [0.2, 0.25) is 0 Å². The van der Waals surface area contributed by atoms with Crippen molar-refractivity contribution < 1.29 is 4.79 Å². The van der Waals surface area contributed by atoms with E-state index in [1.807, 2.05) is 12.4 Å². The highest BCUT2D eigenvalue weighted by molar-refractivity contribution is 5.73. The van der Waals surface area contributed by atoms with Crippen LogP contribution in [0.3, 0.4) is 0 Å². The zero-order valence-electron chi connectivity index (χ0n) is 14.6. The third-order valence-electron chi connectivity index (χ3n) is 5.21. The van der Waals surface area contributed by atoms with Crippen molar-refractivity contribution in [3.8, 4) is 0 Å². The van der Waals surface area contributed by atoms with Gasteiger partial charge >= 0.3 is 6.03 Å². The predicted octanol–water partition coefficient (Wildman–Crippen LogP) is 1.52. The average Bonchev–Trinajstić information content (AvgIpc) is 3.25. The zero-order valence-corrected chi connectivity index (χ0v) is 14.6. The van der Waals surface area contributed by atoms with E-state index in [-0.39, 0.29) is 6.03 Å². The summed E-state index contributed by atoms with van der Waals surface area (Å²) in [7, 11) is 0. The Labute approximate surface area is 147 Å². The van der Waals surface area contributed by atoms with Crippen LogP contribution in [0.5, 0.6) is 0 Å². The molecule has 1 atom stereocenters. The summed E-state index contributed by atoms with van der Waals surface area (Å²) >= 11 is 0. The summed E-state index contributed by atoms with van der Waals surface area (Å²) in [5, 5.41) is 5.95. The number of nitrogens with zero attached hydrogens (tertiary/aromatic N) is 4. The lowest BCUT2D eigenvalue weighted by Crippen LogP contribution is -2.40. The smallest absolute Gasteiger partial charge is 0.314 e. The minimum absolute atomic E-state index is 0.0830. The molecule has 0 bridgehead atoms. The molecule has 0 spiro atoms. The Morgan fingerprint density at radius 2 is 2.16 bits per heavy atom. The molecule has 134 valence electrons. The number of nitrogens with one attached hydrogen (secondary N) is 2. The monoisotopic (exact) mass is 342 g/mol. The van der Waals surface area contributed by atoms with Crippen LogP contribution in [0, 0.1) is 5.92 Å². The molecule has 2 amide bonds. The molecule has 1 unspecified atom stereocenters. The summed E-state index contributed by atoms with van der Waals surface area (Å²) in [6.45, 7) is 3.35. The molecule has 0 aliphatic carbocycles. The molecule has 0 saturated carbocycles. The minimum Gasteiger partial charge on any atom is -0.338 e. The first-order valence-electron chi connectivity index (χ1n) is 9.34. The van der Waals surface area contributed by atoms with Crippen molar-refractivity contribution in [2.75, 3.05) is 13.1 Å². The first-order valence-corrected chi connectivity index (χ1v) is 9.34. The molecule has 2 aromatic heterocycles. The van der Waals surface area contributed by atoms with Crippen LogP contribution < -0.4 is 10.6 Å². The van der Waals surface area contributed by atoms with E-state index in [0.29, 0.717) is 19.0 Å². The van der Waals surface area contributed by atoms with E-state index < -0.39 is 0 Å². The Balaban J connectivity index is 1.17. The van der Waals surface area contributed by atoms with E-state index in [1.165, 1.54) is 18.7 Å². The Kier molecular flexibility index (Phi) is 4.72. The summed E-state index contributed by atoms with van der Waals surface area (Å²) in [6.07, 6.45) is 12.4. The van der Waals surface area contributed by atoms with Gasteiger partial charge in [-0.05, 0) is 25.2 Å². The Bertz CT molecular complexity index is 710. The maximum absolute atomic E-state index is 12.0. The number of carbonyl (C=O) groups is 1. The van der Waals surface area contributed by atoms with Crippen molar-refractivity contribution in [3.05, 3.63) is 35.9 Å². The third kappa shape index (κ3) is 3.86. The van der Waals surface area contributed by atoms with E-state index in [2.05, 4.69) is 35.9 Å². The average molecular weight is 342 g/mol. The van der Waals surface area contributed by atoms with E-state index in [9.17, 15) is 4.79 Å². The van der Waals surface area contributed by atoms with E-state index in [4.69, 9.17) is 0 Å². The number of urea groups is 1. The number of hydrogen-bond donors (Lipinski definition) is 2. The largest absolute Gasteiger partial charge is 0.338 e. The number of hydrogen-bond acceptors (Lipinski definition) is 3. The summed E-state index contributed by atoms with van der Waals surface area (Å²) in [5.41, 5.74) is 1.08. The standard InChI is InChI=1S/C18H26N6O/c25-18(21-11-14-4-5-16-19-8-10-24(16)12-14)20-7-6-15-13-23-9-2-1-3-17(23)22-15/h8,10,13-14H,1-7,9,11-12H2,(H2,20,21,25). The SMILES string of the molecule is O=C(NCCc1cn2c(n1)CCCC2)NCC1CCc2nccn2C1. The van der Waals surface area contributed by atoms with Gasteiger partial charge in [-0.3, -0.25) is 0 Å². The van der Waals surface area contributed by atoms with Gasteiger partial charge in [0.05, 0.1) is 5.69 Å². The van der Waals surface area contributed by atoms with Gasteiger partial charge in [-0.15, -0.1) is 0 Å². The van der Waals surface area contributed by atoms with Gasteiger partial charge in [0.1, 0.15) is 11.6 Å². The number of rotatable bonds is 5. The van der Waals surface area contributed by atoms with Crippen molar-refractivity contribution >= 4 is 6.03 Å². The van der Waals surface area contributed by atoms with Crippen LogP contribution in [0.25, 0.3) is 0 Å². The summed E-state index contributed by atoms with van der Waals surface area (Å²) in [4.78, 5) is 21.0. The van der Waals surface area contributed by atoms with Gasteiger partial charge in [0.15, 0.2) is 0 Å². The van der Waals surface area contributed by atoms with Gasteiger partial charge in [-0.1, -0.05) is 0 Å². The molecule has 0 saturated heterocycles. The molecular formula is C18H26N6O. The Hall–Kier alpha value is -2.31. The van der Waals surface area contributed by atoms with Crippen molar-refractivity contribution in [1.29, 1.82) is 0 Å². The normalized spacial score (nSPS) is 19.1. The second-order valence-corrected chi connectivity index (χ2v) is 7.09. The van der Waals surface area contributed by atoms with Crippen LogP contribution in [0.4, 0.5) is 4.79 Å². The van der Waals surface area contributed by atoms with E-state index in [0.717, 1.165) is 50.3 Å². The minimum atomic E-state index is -0.0830. The summed E-state index contributed by atoms with van der Waals surface area (Å²) in [5.74, 6) is 2.83. The number of amides is 2. The van der Waals surface area contributed by atoms with E-state index >= 15 is 0 Å². The van der Waals surface area contributed by atoms with Gasteiger partial charge in [0.2, 0.25) is 0 Å². The van der Waals surface area contributed by atoms with Crippen molar-refractivity contribution in [2.24, 2.45) is 5.92 Å². The van der Waals surface area contributed by atoms with Crippen LogP contribution in [-0.2, 0) is 32.4 Å². The first kappa shape index (κ1) is 16.2. The van der Waals surface area contributed by atoms with E-state index in [1.54, 1.807) is 0 Å². The second kappa shape index (κ2) is 7.29. The first-order chi connectivity index (χ1) is 12.3. The highest BCUT2D eigenvalue weighted by Gasteiger charge is 2.19. The molecule has 2 aliphatic heterocycles. The maximum Gasteiger partial charge on any atom is 0.314 e. The maximum atomic E-state index is 12.0. The summed E-state index contributed by atoms with van der Waals surface area (Å²) in [6, 6.07) is -0.0830. The topological polar surface area (TPSA) is 76.8 Å². The van der Waals surface area contributed by atoms with Crippen LogP contribution in [-0.4, -0.2) is 38.2 Å². The molecule has 0 radical (unpaired) electrons. The molecule has 2 aliphatic rings. The number of imidazole rings is 2. The molecule has 0 fully saturated rings.